The highest BCUT2D eigenvalue weighted by molar-refractivity contribution is 7.92. The first kappa shape index (κ1) is 22.2. The second kappa shape index (κ2) is 9.99. The first-order chi connectivity index (χ1) is 14.9. The molecule has 0 saturated carbocycles. The van der Waals surface area contributed by atoms with Crippen molar-refractivity contribution in [3.8, 4) is 11.5 Å². The fraction of sp³-hybridized carbons (Fsp3) is 0.174. The van der Waals surface area contributed by atoms with Crippen LogP contribution in [0.2, 0.25) is 0 Å². The Morgan fingerprint density at radius 1 is 0.839 bits per heavy atom. The van der Waals surface area contributed by atoms with Gasteiger partial charge in [-0.3, -0.25) is 9.52 Å². The number of hydrogen-bond donors (Lipinski definition) is 2. The molecule has 3 aromatic rings. The van der Waals surface area contributed by atoms with E-state index in [1.54, 1.807) is 62.8 Å². The number of ether oxygens (including phenoxy) is 2. The third-order valence-electron chi connectivity index (χ3n) is 4.60. The first-order valence-corrected chi connectivity index (χ1v) is 11.1. The van der Waals surface area contributed by atoms with Crippen LogP contribution in [-0.4, -0.2) is 28.5 Å². The van der Waals surface area contributed by atoms with Crippen molar-refractivity contribution in [2.75, 3.05) is 24.3 Å². The smallest absolute Gasteiger partial charge is 0.261 e. The van der Waals surface area contributed by atoms with Gasteiger partial charge in [-0.15, -0.1) is 0 Å². The van der Waals surface area contributed by atoms with Gasteiger partial charge in [0.1, 0.15) is 0 Å². The number of nitrogens with one attached hydrogen (secondary N) is 2. The topological polar surface area (TPSA) is 93.7 Å². The number of carbonyl (C=O) groups excluding carboxylic acids is 1. The molecule has 162 valence electrons. The van der Waals surface area contributed by atoms with Crippen LogP contribution in [0.25, 0.3) is 0 Å². The molecule has 0 aliphatic rings. The number of benzene rings is 3. The molecular weight excluding hydrogens is 416 g/mol. The van der Waals surface area contributed by atoms with Crippen molar-refractivity contribution < 1.29 is 22.7 Å². The normalized spacial score (nSPS) is 10.9. The molecule has 0 aliphatic carbocycles. The maximum absolute atomic E-state index is 12.6. The second-order valence-corrected chi connectivity index (χ2v) is 8.35. The van der Waals surface area contributed by atoms with Gasteiger partial charge in [-0.1, -0.05) is 42.5 Å². The highest BCUT2D eigenvalue weighted by Crippen LogP contribution is 2.31. The standard InChI is InChI=1S/C23H24N2O5S/c1-29-21-14-8-9-17(23(21)30-2)15-16-22(26)24-19-12-6-7-13-20(19)25-31(27,28)18-10-4-3-5-11-18/h3-14,25H,15-16H2,1-2H3,(H,24,26). The molecule has 3 aromatic carbocycles. The minimum atomic E-state index is -3.78. The Balaban J connectivity index is 1.71. The lowest BCUT2D eigenvalue weighted by Gasteiger charge is -2.14. The summed E-state index contributed by atoms with van der Waals surface area (Å²) in [6.45, 7) is 0. The lowest BCUT2D eigenvalue weighted by atomic mass is 10.1. The van der Waals surface area contributed by atoms with E-state index >= 15 is 0 Å². The zero-order valence-electron chi connectivity index (χ0n) is 17.3. The molecule has 31 heavy (non-hydrogen) atoms. The number of hydrogen-bond acceptors (Lipinski definition) is 5. The largest absolute Gasteiger partial charge is 0.493 e. The molecule has 3 rings (SSSR count). The van der Waals surface area contributed by atoms with E-state index in [2.05, 4.69) is 10.0 Å². The average molecular weight is 441 g/mol. The highest BCUT2D eigenvalue weighted by Gasteiger charge is 2.17. The van der Waals surface area contributed by atoms with Gasteiger partial charge in [0, 0.05) is 6.42 Å². The molecule has 2 N–H and O–H groups in total. The maximum atomic E-state index is 12.6. The van der Waals surface area contributed by atoms with E-state index in [4.69, 9.17) is 9.47 Å². The second-order valence-electron chi connectivity index (χ2n) is 6.66. The van der Waals surface area contributed by atoms with Crippen LogP contribution < -0.4 is 19.5 Å². The van der Waals surface area contributed by atoms with Crippen molar-refractivity contribution in [2.45, 2.75) is 17.7 Å². The highest BCUT2D eigenvalue weighted by atomic mass is 32.2. The predicted molar refractivity (Wildman–Crippen MR) is 120 cm³/mol. The Labute approximate surface area is 182 Å². The van der Waals surface area contributed by atoms with Gasteiger partial charge in [0.2, 0.25) is 5.91 Å². The fourth-order valence-corrected chi connectivity index (χ4v) is 4.20. The molecule has 0 unspecified atom stereocenters. The van der Waals surface area contributed by atoms with E-state index in [9.17, 15) is 13.2 Å². The number of carbonyl (C=O) groups is 1. The van der Waals surface area contributed by atoms with Gasteiger partial charge < -0.3 is 14.8 Å². The number of sulfonamides is 1. The molecule has 0 radical (unpaired) electrons. The van der Waals surface area contributed by atoms with E-state index in [1.807, 2.05) is 12.1 Å². The minimum Gasteiger partial charge on any atom is -0.493 e. The molecule has 0 spiro atoms. The molecule has 1 amide bonds. The summed E-state index contributed by atoms with van der Waals surface area (Å²) >= 11 is 0. The van der Waals surface area contributed by atoms with Crippen LogP contribution in [-0.2, 0) is 21.2 Å². The summed E-state index contributed by atoms with van der Waals surface area (Å²) in [6, 6.07) is 20.2. The Morgan fingerprint density at radius 2 is 1.52 bits per heavy atom. The summed E-state index contributed by atoms with van der Waals surface area (Å²) in [4.78, 5) is 12.7. The minimum absolute atomic E-state index is 0.140. The van der Waals surface area contributed by atoms with E-state index in [0.29, 0.717) is 29.3 Å². The molecule has 0 aliphatic heterocycles. The van der Waals surface area contributed by atoms with Crippen LogP contribution in [0.1, 0.15) is 12.0 Å². The molecule has 0 heterocycles. The van der Waals surface area contributed by atoms with Gasteiger partial charge in [0.05, 0.1) is 30.5 Å². The Bertz CT molecular complexity index is 1150. The summed E-state index contributed by atoms with van der Waals surface area (Å²) in [5.41, 5.74) is 1.51. The number of anilines is 2. The molecule has 7 nitrogen and oxygen atoms in total. The van der Waals surface area contributed by atoms with Gasteiger partial charge in [0.15, 0.2) is 11.5 Å². The quantitative estimate of drug-likeness (QED) is 0.523. The van der Waals surface area contributed by atoms with Crippen molar-refractivity contribution >= 4 is 27.3 Å². The Morgan fingerprint density at radius 3 is 2.19 bits per heavy atom. The van der Waals surface area contributed by atoms with Crippen molar-refractivity contribution in [3.63, 3.8) is 0 Å². The molecule has 0 atom stereocenters. The first-order valence-electron chi connectivity index (χ1n) is 9.61. The number of methoxy groups -OCH3 is 2. The molecule has 0 aromatic heterocycles. The van der Waals surface area contributed by atoms with Gasteiger partial charge in [-0.05, 0) is 42.3 Å². The SMILES string of the molecule is COc1cccc(CCC(=O)Nc2ccccc2NS(=O)(=O)c2ccccc2)c1OC. The van der Waals surface area contributed by atoms with Gasteiger partial charge in [-0.2, -0.15) is 0 Å². The lowest BCUT2D eigenvalue weighted by molar-refractivity contribution is -0.116. The number of para-hydroxylation sites is 3. The Kier molecular flexibility index (Phi) is 7.15. The molecule has 0 bridgehead atoms. The number of rotatable bonds is 9. The lowest BCUT2D eigenvalue weighted by Crippen LogP contribution is -2.17. The zero-order valence-corrected chi connectivity index (χ0v) is 18.1. The van der Waals surface area contributed by atoms with Gasteiger partial charge in [0.25, 0.3) is 10.0 Å². The molecule has 8 heteroatoms. The van der Waals surface area contributed by atoms with Crippen LogP contribution in [0.4, 0.5) is 11.4 Å². The van der Waals surface area contributed by atoms with Crippen LogP contribution >= 0.6 is 0 Å². The van der Waals surface area contributed by atoms with Crippen molar-refractivity contribution in [2.24, 2.45) is 0 Å². The summed E-state index contributed by atoms with van der Waals surface area (Å²) in [5, 5.41) is 2.78. The van der Waals surface area contributed by atoms with Gasteiger partial charge in [-0.25, -0.2) is 8.42 Å². The Hall–Kier alpha value is -3.52. The van der Waals surface area contributed by atoms with Crippen LogP contribution in [0.3, 0.4) is 0 Å². The molecule has 0 fully saturated rings. The van der Waals surface area contributed by atoms with Crippen molar-refractivity contribution in [1.29, 1.82) is 0 Å². The molecule has 0 saturated heterocycles. The van der Waals surface area contributed by atoms with Crippen molar-refractivity contribution in [1.82, 2.24) is 0 Å². The summed E-state index contributed by atoms with van der Waals surface area (Å²) in [5.74, 6) is 0.936. The van der Waals surface area contributed by atoms with Crippen LogP contribution in [0, 0.1) is 0 Å². The summed E-state index contributed by atoms with van der Waals surface area (Å²) < 4.78 is 38.5. The fourth-order valence-electron chi connectivity index (χ4n) is 3.10. The van der Waals surface area contributed by atoms with Gasteiger partial charge >= 0.3 is 0 Å². The monoisotopic (exact) mass is 440 g/mol. The van der Waals surface area contributed by atoms with Crippen molar-refractivity contribution in [3.05, 3.63) is 78.4 Å². The van der Waals surface area contributed by atoms with E-state index in [-0.39, 0.29) is 17.2 Å². The van der Waals surface area contributed by atoms with E-state index in [1.165, 1.54) is 12.1 Å². The zero-order chi connectivity index (χ0) is 22.3. The molecular formula is C23H24N2O5S. The number of amides is 1. The predicted octanol–water partition coefficient (Wildman–Crippen LogP) is 4.08. The number of aryl methyl sites for hydroxylation is 1. The van der Waals surface area contributed by atoms with E-state index < -0.39 is 10.0 Å². The third kappa shape index (κ3) is 5.55. The van der Waals surface area contributed by atoms with Crippen LogP contribution in [0.15, 0.2) is 77.7 Å². The van der Waals surface area contributed by atoms with E-state index in [0.717, 1.165) is 5.56 Å². The average Bonchev–Trinajstić information content (AvgIpc) is 2.79. The summed E-state index contributed by atoms with van der Waals surface area (Å²) in [6.07, 6.45) is 0.618. The third-order valence-corrected chi connectivity index (χ3v) is 5.99. The summed E-state index contributed by atoms with van der Waals surface area (Å²) in [7, 11) is -0.666. The maximum Gasteiger partial charge on any atom is 0.261 e. The van der Waals surface area contributed by atoms with Crippen LogP contribution in [0.5, 0.6) is 11.5 Å².